The number of halogens is 2. The third kappa shape index (κ3) is 9.05. The maximum atomic E-state index is 13.6. The Kier molecular flexibility index (Phi) is 12.2. The number of alkyl halides is 1. The highest BCUT2D eigenvalue weighted by Gasteiger charge is 2.36. The van der Waals surface area contributed by atoms with Crippen molar-refractivity contribution in [2.45, 2.75) is 77.1 Å². The Morgan fingerprint density at radius 2 is 1.78 bits per heavy atom. The van der Waals surface area contributed by atoms with Crippen LogP contribution in [0.15, 0.2) is 67.0 Å². The normalized spacial score (nSPS) is 19.0. The first-order valence-corrected chi connectivity index (χ1v) is 19.4. The van der Waals surface area contributed by atoms with E-state index in [1.54, 1.807) is 29.3 Å². The summed E-state index contributed by atoms with van der Waals surface area (Å²) < 4.78 is 26.2. The van der Waals surface area contributed by atoms with Crippen LogP contribution < -0.4 is 14.4 Å². The first-order chi connectivity index (χ1) is 26.7. The number of pyridine rings is 1. The van der Waals surface area contributed by atoms with Crippen molar-refractivity contribution in [1.82, 2.24) is 14.8 Å². The van der Waals surface area contributed by atoms with E-state index < -0.39 is 24.3 Å². The van der Waals surface area contributed by atoms with Crippen LogP contribution in [-0.2, 0) is 31.0 Å². The minimum atomic E-state index is -0.998. The van der Waals surface area contributed by atoms with E-state index in [0.29, 0.717) is 46.1 Å². The van der Waals surface area contributed by atoms with Gasteiger partial charge < -0.3 is 29.5 Å². The molecule has 2 atom stereocenters. The Balaban J connectivity index is 1.08. The molecule has 0 amide bonds. The van der Waals surface area contributed by atoms with Crippen molar-refractivity contribution in [1.29, 1.82) is 5.26 Å². The average molecular weight is 768 g/mol. The van der Waals surface area contributed by atoms with Gasteiger partial charge in [0, 0.05) is 81.0 Å². The second-order valence-electron chi connectivity index (χ2n) is 14.8. The van der Waals surface area contributed by atoms with Crippen LogP contribution in [0, 0.1) is 18.3 Å². The summed E-state index contributed by atoms with van der Waals surface area (Å²) in [5.41, 5.74) is 8.91. The summed E-state index contributed by atoms with van der Waals surface area (Å²) in [5, 5.41) is 29.8. The Hall–Kier alpha value is -4.73. The number of benzene rings is 3. The molecule has 288 valence electrons. The van der Waals surface area contributed by atoms with Gasteiger partial charge in [-0.2, -0.15) is 5.26 Å². The van der Waals surface area contributed by atoms with Crippen molar-refractivity contribution in [2.75, 3.05) is 44.2 Å². The van der Waals surface area contributed by atoms with E-state index in [9.17, 15) is 24.7 Å². The number of piperidine rings is 1. The van der Waals surface area contributed by atoms with E-state index in [1.165, 1.54) is 23.0 Å². The molecule has 2 fully saturated rings. The topological polar surface area (TPSA) is 122 Å². The smallest absolute Gasteiger partial charge is 0.321 e. The Morgan fingerprint density at radius 3 is 2.58 bits per heavy atom. The van der Waals surface area contributed by atoms with Crippen LogP contribution in [0.25, 0.3) is 11.1 Å². The highest BCUT2D eigenvalue weighted by Crippen LogP contribution is 2.39. The van der Waals surface area contributed by atoms with E-state index in [4.69, 9.17) is 21.1 Å². The number of nitriles is 1. The van der Waals surface area contributed by atoms with Gasteiger partial charge in [0.05, 0.1) is 16.7 Å². The molecule has 3 aromatic carbocycles. The number of hydrogen-bond acceptors (Lipinski definition) is 9. The molecule has 0 radical (unpaired) electrons. The number of carbonyl (C=O) groups is 1. The summed E-state index contributed by atoms with van der Waals surface area (Å²) in [6.07, 6.45) is 5.17. The fraction of sp³-hybridized carbons (Fsp3) is 0.419. The van der Waals surface area contributed by atoms with Gasteiger partial charge in [0.2, 0.25) is 0 Å². The fourth-order valence-electron chi connectivity index (χ4n) is 8.15. The van der Waals surface area contributed by atoms with Crippen molar-refractivity contribution in [3.8, 4) is 28.7 Å². The van der Waals surface area contributed by atoms with E-state index in [2.05, 4.69) is 64.2 Å². The third-order valence-corrected chi connectivity index (χ3v) is 11.4. The SMILES string of the molecule is Cc1c(COc2cc(OCc3cncc(C#N)c3)c(CN3CC(O)C[C@@H]3C(=O)O)cc2Cl)cccc1-c1cccc2c1CCN2CCCN1CCC(F)CC1. The van der Waals surface area contributed by atoms with Crippen LogP contribution in [0.4, 0.5) is 10.1 Å². The van der Waals surface area contributed by atoms with Crippen molar-refractivity contribution < 1.29 is 28.9 Å². The number of aliphatic hydroxyl groups excluding tert-OH is 1. The number of aliphatic hydroxyl groups is 1. The average Bonchev–Trinajstić information content (AvgIpc) is 3.78. The monoisotopic (exact) mass is 767 g/mol. The van der Waals surface area contributed by atoms with E-state index >= 15 is 0 Å². The number of carboxylic acids is 1. The maximum absolute atomic E-state index is 13.6. The van der Waals surface area contributed by atoms with Crippen LogP contribution in [0.2, 0.25) is 5.02 Å². The summed E-state index contributed by atoms with van der Waals surface area (Å²) in [5.74, 6) is -0.135. The summed E-state index contributed by atoms with van der Waals surface area (Å²) >= 11 is 6.83. The molecule has 0 bridgehead atoms. The number of ether oxygens (including phenoxy) is 2. The second kappa shape index (κ2) is 17.4. The number of aromatic nitrogens is 1. The number of hydrogen-bond donors (Lipinski definition) is 2. The predicted octanol–water partition coefficient (Wildman–Crippen LogP) is 6.95. The van der Waals surface area contributed by atoms with Crippen LogP contribution in [0.3, 0.4) is 0 Å². The molecule has 3 aliphatic heterocycles. The zero-order chi connectivity index (χ0) is 38.5. The largest absolute Gasteiger partial charge is 0.488 e. The summed E-state index contributed by atoms with van der Waals surface area (Å²) in [6.45, 7) is 7.55. The maximum Gasteiger partial charge on any atom is 0.321 e. The van der Waals surface area contributed by atoms with Crippen molar-refractivity contribution in [2.24, 2.45) is 0 Å². The number of rotatable bonds is 14. The van der Waals surface area contributed by atoms with Crippen molar-refractivity contribution in [3.63, 3.8) is 0 Å². The summed E-state index contributed by atoms with van der Waals surface area (Å²) in [4.78, 5) is 22.7. The first kappa shape index (κ1) is 38.5. The second-order valence-corrected chi connectivity index (χ2v) is 15.2. The molecule has 0 aliphatic carbocycles. The highest BCUT2D eigenvalue weighted by atomic mass is 35.5. The number of fused-ring (bicyclic) bond motifs is 1. The van der Waals surface area contributed by atoms with Crippen LogP contribution in [0.5, 0.6) is 11.5 Å². The van der Waals surface area contributed by atoms with Gasteiger partial charge in [-0.05, 0) is 85.2 Å². The van der Waals surface area contributed by atoms with Crippen molar-refractivity contribution >= 4 is 23.3 Å². The van der Waals surface area contributed by atoms with Gasteiger partial charge in [-0.3, -0.25) is 14.7 Å². The summed E-state index contributed by atoms with van der Waals surface area (Å²) in [6, 6.07) is 19.2. The minimum Gasteiger partial charge on any atom is -0.488 e. The van der Waals surface area contributed by atoms with E-state index in [1.807, 2.05) is 0 Å². The molecule has 12 heteroatoms. The number of nitrogens with zero attached hydrogens (tertiary/aromatic N) is 5. The Labute approximate surface area is 326 Å². The highest BCUT2D eigenvalue weighted by molar-refractivity contribution is 6.32. The quantitative estimate of drug-likeness (QED) is 0.140. The molecule has 1 aromatic heterocycles. The van der Waals surface area contributed by atoms with Crippen LogP contribution in [-0.4, -0.2) is 88.6 Å². The fourth-order valence-corrected chi connectivity index (χ4v) is 8.39. The molecule has 7 rings (SSSR count). The zero-order valence-electron chi connectivity index (χ0n) is 31.1. The number of anilines is 1. The molecule has 4 aromatic rings. The van der Waals surface area contributed by atoms with Crippen molar-refractivity contribution in [3.05, 3.63) is 105 Å². The predicted molar refractivity (Wildman–Crippen MR) is 209 cm³/mol. The van der Waals surface area contributed by atoms with E-state index in [0.717, 1.165) is 62.3 Å². The van der Waals surface area contributed by atoms with E-state index in [-0.39, 0.29) is 32.7 Å². The van der Waals surface area contributed by atoms with Gasteiger partial charge in [0.15, 0.2) is 0 Å². The molecule has 2 saturated heterocycles. The molecule has 0 spiro atoms. The van der Waals surface area contributed by atoms with Crippen LogP contribution in [0.1, 0.15) is 59.1 Å². The number of likely N-dealkylation sites (tertiary alicyclic amines) is 2. The van der Waals surface area contributed by atoms with Gasteiger partial charge in [-0.15, -0.1) is 0 Å². The number of carboxylic acid groups (broad SMARTS) is 1. The minimum absolute atomic E-state index is 0.112. The van der Waals surface area contributed by atoms with Gasteiger partial charge in [-0.25, -0.2) is 4.39 Å². The lowest BCUT2D eigenvalue weighted by atomic mass is 9.92. The molecule has 2 N–H and O–H groups in total. The molecule has 3 aliphatic rings. The molecular weight excluding hydrogens is 721 g/mol. The lowest BCUT2D eigenvalue weighted by Gasteiger charge is -2.29. The molecule has 4 heterocycles. The molecule has 55 heavy (non-hydrogen) atoms. The third-order valence-electron chi connectivity index (χ3n) is 11.1. The standard InChI is InChI=1S/C43H47ClFN5O5/c1-28-31(5-2-6-35(28)36-7-3-8-39-37(36)11-16-49(39)13-4-12-48-14-9-33(45)10-15-48)27-55-42-20-41(54-26-30-17-29(21-46)22-47-23-30)32(18-38(42)44)24-50-25-34(51)19-40(50)43(52)53/h2-3,5-8,17-18,20,22-23,33-34,40,51H,4,9-16,19,24-27H2,1H3,(H,52,53)/t34?,40-/m1/s1. The molecule has 1 unspecified atom stereocenters. The molecule has 0 saturated carbocycles. The summed E-state index contributed by atoms with van der Waals surface area (Å²) in [7, 11) is 0. The van der Waals surface area contributed by atoms with Gasteiger partial charge in [0.25, 0.3) is 0 Å². The van der Waals surface area contributed by atoms with Crippen LogP contribution >= 0.6 is 11.6 Å². The number of aliphatic carboxylic acids is 1. The van der Waals surface area contributed by atoms with Gasteiger partial charge >= 0.3 is 5.97 Å². The Bertz CT molecular complexity index is 2050. The number of β-amino-alcohol motifs (C(OH)–C–C–N with tert-alkyl or cyclic N) is 1. The molecular formula is C43H47ClFN5O5. The first-order valence-electron chi connectivity index (χ1n) is 19.1. The molecule has 10 nitrogen and oxygen atoms in total. The lowest BCUT2D eigenvalue weighted by Crippen LogP contribution is -2.36. The lowest BCUT2D eigenvalue weighted by molar-refractivity contribution is -0.142. The zero-order valence-corrected chi connectivity index (χ0v) is 31.8. The van der Waals surface area contributed by atoms with Gasteiger partial charge in [0.1, 0.15) is 43.0 Å². The Morgan fingerprint density at radius 1 is 1.00 bits per heavy atom. The van der Waals surface area contributed by atoms with Gasteiger partial charge in [-0.1, -0.05) is 41.9 Å².